The highest BCUT2D eigenvalue weighted by atomic mass is 16.5. The summed E-state index contributed by atoms with van der Waals surface area (Å²) in [6, 6.07) is 11.9. The molecule has 1 aromatic carbocycles. The highest BCUT2D eigenvalue weighted by Crippen LogP contribution is 2.23. The van der Waals surface area contributed by atoms with Gasteiger partial charge in [-0.1, -0.05) is 29.8 Å². The number of pyridine rings is 1. The first-order valence-corrected chi connectivity index (χ1v) is 11.0. The van der Waals surface area contributed by atoms with Crippen LogP contribution in [0.1, 0.15) is 11.1 Å². The molecule has 1 amide bonds. The van der Waals surface area contributed by atoms with Crippen LogP contribution in [-0.4, -0.2) is 81.2 Å². The standard InChI is InChI=1S/C23H30N6O3/c1-18-3-2-4-19(13-18)16-24-27-22-15-20(29-7-11-32-12-8-29)14-21(25-22)26-23(30)17-28-5-9-31-10-6-28/h2-4,13-16H,5-12,17H2,1H3,(H2,25,26,27,30). The van der Waals surface area contributed by atoms with Crippen LogP contribution < -0.4 is 15.6 Å². The molecule has 4 rings (SSSR count). The van der Waals surface area contributed by atoms with Crippen molar-refractivity contribution in [2.45, 2.75) is 6.92 Å². The quantitative estimate of drug-likeness (QED) is 0.504. The Labute approximate surface area is 188 Å². The van der Waals surface area contributed by atoms with Gasteiger partial charge in [0.1, 0.15) is 5.82 Å². The summed E-state index contributed by atoms with van der Waals surface area (Å²) in [5.41, 5.74) is 6.15. The number of hydrogen-bond donors (Lipinski definition) is 2. The maximum Gasteiger partial charge on any atom is 0.239 e. The number of amides is 1. The third-order valence-corrected chi connectivity index (χ3v) is 5.36. The molecule has 0 unspecified atom stereocenters. The minimum absolute atomic E-state index is 0.0901. The summed E-state index contributed by atoms with van der Waals surface area (Å²) in [5, 5.41) is 7.28. The second-order valence-corrected chi connectivity index (χ2v) is 7.92. The Balaban J connectivity index is 1.47. The average Bonchev–Trinajstić information content (AvgIpc) is 2.80. The van der Waals surface area contributed by atoms with E-state index < -0.39 is 0 Å². The fourth-order valence-electron chi connectivity index (χ4n) is 3.71. The number of nitrogens with one attached hydrogen (secondary N) is 2. The van der Waals surface area contributed by atoms with Gasteiger partial charge in [0, 0.05) is 44.0 Å². The molecule has 2 aromatic rings. The first kappa shape index (κ1) is 22.2. The van der Waals surface area contributed by atoms with E-state index in [0.717, 1.165) is 37.4 Å². The molecule has 2 N–H and O–H groups in total. The van der Waals surface area contributed by atoms with Crippen molar-refractivity contribution in [2.75, 3.05) is 74.8 Å². The number of aromatic nitrogens is 1. The number of benzene rings is 1. The predicted molar refractivity (Wildman–Crippen MR) is 126 cm³/mol. The topological polar surface area (TPSA) is 91.3 Å². The minimum Gasteiger partial charge on any atom is -0.379 e. The molecule has 32 heavy (non-hydrogen) atoms. The van der Waals surface area contributed by atoms with Crippen molar-refractivity contribution in [1.29, 1.82) is 0 Å². The van der Waals surface area contributed by atoms with E-state index in [-0.39, 0.29) is 5.91 Å². The summed E-state index contributed by atoms with van der Waals surface area (Å²) in [6.45, 7) is 8.13. The molecule has 0 radical (unpaired) electrons. The number of carbonyl (C=O) groups excluding carboxylic acids is 1. The van der Waals surface area contributed by atoms with Crippen molar-refractivity contribution >= 4 is 29.4 Å². The van der Waals surface area contributed by atoms with E-state index in [4.69, 9.17) is 9.47 Å². The normalized spacial score (nSPS) is 17.5. The lowest BCUT2D eigenvalue weighted by atomic mass is 10.2. The van der Waals surface area contributed by atoms with Gasteiger partial charge in [-0.25, -0.2) is 4.98 Å². The number of hydrazone groups is 1. The molecule has 1 aromatic heterocycles. The van der Waals surface area contributed by atoms with Crippen LogP contribution >= 0.6 is 0 Å². The van der Waals surface area contributed by atoms with Crippen LogP contribution in [0.4, 0.5) is 17.3 Å². The molecule has 2 aliphatic rings. The second kappa shape index (κ2) is 11.0. The Kier molecular flexibility index (Phi) is 7.65. The maximum absolute atomic E-state index is 12.6. The highest BCUT2D eigenvalue weighted by Gasteiger charge is 2.17. The van der Waals surface area contributed by atoms with Gasteiger partial charge in [0.15, 0.2) is 5.82 Å². The highest BCUT2D eigenvalue weighted by molar-refractivity contribution is 5.92. The van der Waals surface area contributed by atoms with Crippen LogP contribution in [0.5, 0.6) is 0 Å². The number of hydrogen-bond acceptors (Lipinski definition) is 8. The Morgan fingerprint density at radius 2 is 1.78 bits per heavy atom. The van der Waals surface area contributed by atoms with Crippen LogP contribution in [-0.2, 0) is 14.3 Å². The van der Waals surface area contributed by atoms with E-state index in [2.05, 4.69) is 36.7 Å². The monoisotopic (exact) mass is 438 g/mol. The van der Waals surface area contributed by atoms with Gasteiger partial charge < -0.3 is 19.7 Å². The van der Waals surface area contributed by atoms with E-state index in [9.17, 15) is 4.79 Å². The first-order chi connectivity index (χ1) is 15.7. The maximum atomic E-state index is 12.6. The lowest BCUT2D eigenvalue weighted by molar-refractivity contribution is -0.118. The van der Waals surface area contributed by atoms with Crippen molar-refractivity contribution in [3.63, 3.8) is 0 Å². The predicted octanol–water partition coefficient (Wildman–Crippen LogP) is 1.94. The van der Waals surface area contributed by atoms with Gasteiger partial charge in [-0.05, 0) is 12.5 Å². The zero-order valence-corrected chi connectivity index (χ0v) is 18.4. The summed E-state index contributed by atoms with van der Waals surface area (Å²) in [5.74, 6) is 0.979. The van der Waals surface area contributed by atoms with Crippen molar-refractivity contribution < 1.29 is 14.3 Å². The third kappa shape index (κ3) is 6.49. The summed E-state index contributed by atoms with van der Waals surface area (Å²) in [6.07, 6.45) is 1.76. The lowest BCUT2D eigenvalue weighted by Crippen LogP contribution is -2.41. The molecule has 9 nitrogen and oxygen atoms in total. The molecule has 0 aliphatic carbocycles. The third-order valence-electron chi connectivity index (χ3n) is 5.36. The molecule has 0 atom stereocenters. The molecular formula is C23H30N6O3. The zero-order chi connectivity index (χ0) is 22.2. The van der Waals surface area contributed by atoms with Crippen molar-refractivity contribution in [3.8, 4) is 0 Å². The van der Waals surface area contributed by atoms with E-state index >= 15 is 0 Å². The molecule has 3 heterocycles. The van der Waals surface area contributed by atoms with E-state index in [1.807, 2.05) is 37.3 Å². The molecule has 2 aliphatic heterocycles. The van der Waals surface area contributed by atoms with Crippen molar-refractivity contribution in [3.05, 3.63) is 47.5 Å². The van der Waals surface area contributed by atoms with Crippen molar-refractivity contribution in [2.24, 2.45) is 5.10 Å². The van der Waals surface area contributed by atoms with Gasteiger partial charge in [-0.2, -0.15) is 5.10 Å². The van der Waals surface area contributed by atoms with Crippen molar-refractivity contribution in [1.82, 2.24) is 9.88 Å². The summed E-state index contributed by atoms with van der Waals surface area (Å²) in [4.78, 5) is 21.4. The van der Waals surface area contributed by atoms with Crippen LogP contribution in [0.25, 0.3) is 0 Å². The number of anilines is 3. The van der Waals surface area contributed by atoms with Gasteiger partial charge in [0.25, 0.3) is 0 Å². The molecular weight excluding hydrogens is 408 g/mol. The van der Waals surface area contributed by atoms with Gasteiger partial charge in [-0.15, -0.1) is 0 Å². The summed E-state index contributed by atoms with van der Waals surface area (Å²) >= 11 is 0. The lowest BCUT2D eigenvalue weighted by Gasteiger charge is -2.29. The Morgan fingerprint density at radius 3 is 2.53 bits per heavy atom. The number of aryl methyl sites for hydroxylation is 1. The minimum atomic E-state index is -0.0901. The fourth-order valence-corrected chi connectivity index (χ4v) is 3.71. The second-order valence-electron chi connectivity index (χ2n) is 7.92. The number of morpholine rings is 2. The SMILES string of the molecule is Cc1cccc(C=NNc2cc(N3CCOCC3)cc(NC(=O)CN3CCOCC3)n2)c1. The van der Waals surface area contributed by atoms with Gasteiger partial charge >= 0.3 is 0 Å². The van der Waals surface area contributed by atoms with Gasteiger partial charge in [0.2, 0.25) is 5.91 Å². The number of nitrogens with zero attached hydrogens (tertiary/aromatic N) is 4. The molecule has 9 heteroatoms. The molecule has 0 bridgehead atoms. The number of rotatable bonds is 7. The Bertz CT molecular complexity index is 939. The molecule has 0 spiro atoms. The van der Waals surface area contributed by atoms with Crippen LogP contribution in [0.3, 0.4) is 0 Å². The number of ether oxygens (including phenoxy) is 2. The molecule has 0 saturated carbocycles. The van der Waals surface area contributed by atoms with Gasteiger partial charge in [-0.3, -0.25) is 15.1 Å². The largest absolute Gasteiger partial charge is 0.379 e. The molecule has 2 fully saturated rings. The van der Waals surface area contributed by atoms with Crippen LogP contribution in [0, 0.1) is 6.92 Å². The zero-order valence-electron chi connectivity index (χ0n) is 18.4. The van der Waals surface area contributed by atoms with E-state index in [1.165, 1.54) is 5.56 Å². The molecule has 170 valence electrons. The number of carbonyl (C=O) groups is 1. The summed E-state index contributed by atoms with van der Waals surface area (Å²) in [7, 11) is 0. The Hall–Kier alpha value is -3.01. The smallest absolute Gasteiger partial charge is 0.239 e. The van der Waals surface area contributed by atoms with Crippen LogP contribution in [0.15, 0.2) is 41.5 Å². The van der Waals surface area contributed by atoms with E-state index in [0.29, 0.717) is 44.6 Å². The molecule has 2 saturated heterocycles. The Morgan fingerprint density at radius 1 is 1.06 bits per heavy atom. The average molecular weight is 439 g/mol. The first-order valence-electron chi connectivity index (χ1n) is 11.0. The summed E-state index contributed by atoms with van der Waals surface area (Å²) < 4.78 is 10.8. The van der Waals surface area contributed by atoms with Crippen LogP contribution in [0.2, 0.25) is 0 Å². The fraction of sp³-hybridized carbons (Fsp3) is 0.435. The van der Waals surface area contributed by atoms with Gasteiger partial charge in [0.05, 0.1) is 39.2 Å². The van der Waals surface area contributed by atoms with E-state index in [1.54, 1.807) is 6.21 Å².